The van der Waals surface area contributed by atoms with Gasteiger partial charge < -0.3 is 90.4 Å². The number of rotatable bonds is 13. The molecule has 4 aliphatic rings. The first-order valence-corrected chi connectivity index (χ1v) is 28.1. The van der Waals surface area contributed by atoms with Crippen LogP contribution in [-0.4, -0.2) is 159 Å². The maximum Gasteiger partial charge on any atom is 0.235 e. The molecule has 8 heterocycles. The van der Waals surface area contributed by atoms with E-state index in [1.54, 1.807) is 20.6 Å². The number of nitrogens with zero attached hydrogens (tertiary/aromatic N) is 7. The normalized spacial score (nSPS) is 29.4. The number of ether oxygens (including phenoxy) is 3. The summed E-state index contributed by atoms with van der Waals surface area (Å²) in [5, 5.41) is 29.5. The highest BCUT2D eigenvalue weighted by Gasteiger charge is 2.51. The molecule has 0 spiro atoms. The molecule has 0 saturated carbocycles. The summed E-state index contributed by atoms with van der Waals surface area (Å²) < 4.78 is 57.3. The Morgan fingerprint density at radius 2 is 1.56 bits per heavy atom. The first-order valence-electron chi connectivity index (χ1n) is 23.0. The van der Waals surface area contributed by atoms with Crippen LogP contribution < -0.4 is 31.1 Å². The van der Waals surface area contributed by atoms with E-state index in [-0.39, 0.29) is 31.0 Å². The summed E-state index contributed by atoms with van der Waals surface area (Å²) in [6, 6.07) is 0. The van der Waals surface area contributed by atoms with Gasteiger partial charge in [0.1, 0.15) is 79.7 Å². The van der Waals surface area contributed by atoms with Crippen molar-refractivity contribution in [3.8, 4) is 0 Å². The number of fused-ring (bicyclic) bond motifs is 4. The zero-order valence-electron chi connectivity index (χ0n) is 39.2. The maximum atomic E-state index is 13.8. The fourth-order valence-corrected chi connectivity index (χ4v) is 11.1. The number of carbonyl (C=O) groups excluding carboxylic acids is 1. The number of amides is 1. The first-order chi connectivity index (χ1) is 32.6. The predicted octanol–water partition coefficient (Wildman–Crippen LogP) is -1.39. The highest BCUT2D eigenvalue weighted by molar-refractivity contribution is 8.32. The number of hydrogen-bond acceptors (Lipinski definition) is 21. The van der Waals surface area contributed by atoms with Crippen LogP contribution in [0.5, 0.6) is 0 Å². The molecule has 4 aromatic heterocycles. The molecule has 24 nitrogen and oxygen atoms in total. The minimum atomic E-state index is -4.49. The second kappa shape index (κ2) is 25.0. The molecule has 4 aromatic rings. The van der Waals surface area contributed by atoms with Gasteiger partial charge in [-0.3, -0.25) is 13.9 Å². The Morgan fingerprint density at radius 1 is 0.912 bits per heavy atom. The molecule has 8 N–H and O–H groups in total. The lowest BCUT2D eigenvalue weighted by atomic mass is 10.1. The van der Waals surface area contributed by atoms with Crippen molar-refractivity contribution in [3.63, 3.8) is 0 Å². The Kier molecular flexibility index (Phi) is 20.0. The third kappa shape index (κ3) is 13.2. The molecule has 68 heavy (non-hydrogen) atoms. The molecular weight excluding hydrogens is 967 g/mol. The van der Waals surface area contributed by atoms with E-state index >= 15 is 0 Å². The third-order valence-corrected chi connectivity index (χ3v) is 15.4. The van der Waals surface area contributed by atoms with E-state index < -0.39 is 81.7 Å². The van der Waals surface area contributed by atoms with E-state index in [0.717, 1.165) is 23.9 Å². The Labute approximate surface area is 405 Å². The van der Waals surface area contributed by atoms with Crippen molar-refractivity contribution < 1.29 is 66.6 Å². The molecule has 0 radical (unpaired) electrons. The standard InChI is InChI=1S/C28H36N10O12P2S2.2C6H15N/c29-4-17(39)36-12-44-6-14-19-26(34-9-31-14)38(11-35-19)28-23-20(40)15(47-28)7-45-51(42,53)49-22-16(8-46-52(43,54)50-23)48-27(21(22)41)37-5-13-2-1-3-30-24-18(13)25(37)33-10-32-24;2*1-4-7(5-2)6-3/h5,9-11,15-16,20-23,27-28,40-41H,1-4,6-8,12,29H2,(H,36,39)(H,42,53)(H,43,54)(H,30,32,33);2*4-6H2,1-3H3/t15-,16-,20-,21-,22-,23-,27-,28-,51?,52?;;/m1../s1. The number of nitrogens with two attached hydrogens (primary N) is 1. The second-order valence-corrected chi connectivity index (χ2v) is 21.7. The minimum absolute atomic E-state index is 0.0672. The Balaban J connectivity index is 0.000000475. The largest absolute Gasteiger partial charge is 0.780 e. The molecule has 2 bridgehead atoms. The molecule has 28 heteroatoms. The second-order valence-electron chi connectivity index (χ2n) is 16.3. The fraction of sp³-hybridized carbons (Fsp3) is 0.700. The predicted molar refractivity (Wildman–Crippen MR) is 252 cm³/mol. The van der Waals surface area contributed by atoms with Crippen LogP contribution in [-0.2, 0) is 78.7 Å². The monoisotopic (exact) mass is 1030 g/mol. The van der Waals surface area contributed by atoms with Gasteiger partial charge in [0.05, 0.1) is 83.0 Å². The third-order valence-electron chi connectivity index (χ3n) is 12.3. The van der Waals surface area contributed by atoms with Crippen molar-refractivity contribution in [1.82, 2.24) is 39.4 Å². The lowest BCUT2D eigenvalue weighted by Crippen LogP contribution is -3.11. The van der Waals surface area contributed by atoms with E-state index in [4.69, 9.17) is 62.1 Å². The number of hydrogen-bond donors (Lipinski definition) is 7. The van der Waals surface area contributed by atoms with Crippen LogP contribution >= 0.6 is 13.5 Å². The summed E-state index contributed by atoms with van der Waals surface area (Å²) in [5.74, 6) is 0.234. The quantitative estimate of drug-likeness (QED) is 0.0351. The van der Waals surface area contributed by atoms with Gasteiger partial charge in [-0.1, -0.05) is 11.8 Å². The summed E-state index contributed by atoms with van der Waals surface area (Å²) in [4.78, 5) is 50.1. The van der Waals surface area contributed by atoms with Gasteiger partial charge in [-0.15, -0.1) is 0 Å². The Hall–Kier alpha value is -2.85. The van der Waals surface area contributed by atoms with Gasteiger partial charge in [-0.25, -0.2) is 24.9 Å². The Morgan fingerprint density at radius 3 is 2.22 bits per heavy atom. The Bertz CT molecular complexity index is 2340. The number of aliphatic hydroxyl groups excluding tert-OH is 2. The van der Waals surface area contributed by atoms with E-state index in [1.165, 1.54) is 62.8 Å². The summed E-state index contributed by atoms with van der Waals surface area (Å²) in [6.45, 7) is 11.2. The number of aromatic nitrogens is 7. The van der Waals surface area contributed by atoms with Crippen molar-refractivity contribution in [2.45, 2.75) is 110 Å². The van der Waals surface area contributed by atoms with Crippen LogP contribution in [0, 0.1) is 0 Å². The van der Waals surface area contributed by atoms with Crippen molar-refractivity contribution in [2.24, 2.45) is 5.73 Å². The molecule has 1 amide bonds. The zero-order chi connectivity index (χ0) is 49.2. The van der Waals surface area contributed by atoms with Crippen LogP contribution in [0.2, 0.25) is 0 Å². The number of quaternary nitrogens is 2. The highest BCUT2D eigenvalue weighted by Crippen LogP contribution is 2.54. The topological polar surface area (TPSA) is 296 Å². The maximum absolute atomic E-state index is 13.8. The fourth-order valence-electron chi connectivity index (χ4n) is 8.30. The summed E-state index contributed by atoms with van der Waals surface area (Å²) >= 11 is 10.5. The summed E-state index contributed by atoms with van der Waals surface area (Å²) in [5.41, 5.74) is 7.54. The average Bonchev–Trinajstić information content (AvgIpc) is 4.05. The van der Waals surface area contributed by atoms with Gasteiger partial charge in [0, 0.05) is 12.7 Å². The molecule has 2 unspecified atom stereocenters. The van der Waals surface area contributed by atoms with Crippen molar-refractivity contribution in [2.75, 3.05) is 77.6 Å². The van der Waals surface area contributed by atoms with Crippen LogP contribution in [0.3, 0.4) is 0 Å². The number of anilines is 1. The van der Waals surface area contributed by atoms with Gasteiger partial charge in [0.15, 0.2) is 18.1 Å². The zero-order valence-corrected chi connectivity index (χ0v) is 42.6. The number of nitrogens with one attached hydrogen (secondary N) is 4. The van der Waals surface area contributed by atoms with Crippen LogP contribution in [0.15, 0.2) is 25.2 Å². The first kappa shape index (κ1) is 54.5. The number of aliphatic hydroxyl groups is 2. The molecule has 0 aromatic carbocycles. The molecular formula is C40H66N12O12P2S2. The van der Waals surface area contributed by atoms with E-state index in [0.29, 0.717) is 23.6 Å². The van der Waals surface area contributed by atoms with Crippen LogP contribution in [0.25, 0.3) is 22.2 Å². The van der Waals surface area contributed by atoms with Gasteiger partial charge in [0.2, 0.25) is 12.7 Å². The number of carbonyl (C=O) groups is 1. The van der Waals surface area contributed by atoms with Gasteiger partial charge >= 0.3 is 0 Å². The average molecular weight is 1030 g/mol. The minimum Gasteiger partial charge on any atom is -0.780 e. The number of aryl methyl sites for hydroxylation is 1. The van der Waals surface area contributed by atoms with Gasteiger partial charge in [0.25, 0.3) is 0 Å². The lowest BCUT2D eigenvalue weighted by Gasteiger charge is -2.34. The smallest absolute Gasteiger partial charge is 0.235 e. The summed E-state index contributed by atoms with van der Waals surface area (Å²) in [6.07, 6.45) is -3.56. The van der Waals surface area contributed by atoms with Crippen LogP contribution in [0.4, 0.5) is 5.82 Å². The van der Waals surface area contributed by atoms with Gasteiger partial charge in [-0.2, -0.15) is 0 Å². The molecule has 0 aliphatic carbocycles. The SMILES string of the molecule is CC[NH+](CC)CC.CC[NH+](CC)CC.NCC(=O)NCOCc1ncnc2c1ncn2[C@@H]1O[C@@H]2COP([O-])(=S)O[C@H]3[C@@H](O)[C@H](n4cc5c6c(ncnc64)NCCC5)O[C@@H]3COP(=O)([S-])O[C@@H]1[C@@H]2O. The van der Waals surface area contributed by atoms with E-state index in [2.05, 4.69) is 77.1 Å². The van der Waals surface area contributed by atoms with Crippen molar-refractivity contribution >= 4 is 71.5 Å². The van der Waals surface area contributed by atoms with E-state index in [9.17, 15) is 24.5 Å². The molecule has 4 aliphatic heterocycles. The number of imidazole rings is 1. The molecule has 8 rings (SSSR count). The lowest BCUT2D eigenvalue weighted by molar-refractivity contribution is -0.894. The van der Waals surface area contributed by atoms with Crippen molar-refractivity contribution in [1.29, 1.82) is 0 Å². The molecule has 380 valence electrons. The van der Waals surface area contributed by atoms with E-state index in [1.807, 2.05) is 0 Å². The molecule has 3 saturated heterocycles. The van der Waals surface area contributed by atoms with Crippen LogP contribution in [0.1, 0.15) is 71.7 Å². The van der Waals surface area contributed by atoms with Gasteiger partial charge in [-0.05, 0) is 59.9 Å². The van der Waals surface area contributed by atoms with Crippen molar-refractivity contribution in [3.05, 3.63) is 36.4 Å². The highest BCUT2D eigenvalue weighted by atomic mass is 32.7. The molecule has 3 fully saturated rings. The molecule has 10 atom stereocenters. The summed E-state index contributed by atoms with van der Waals surface area (Å²) in [7, 11) is 0.